The van der Waals surface area contributed by atoms with E-state index in [4.69, 9.17) is 0 Å². The number of piperazine rings is 1. The summed E-state index contributed by atoms with van der Waals surface area (Å²) in [5.41, 5.74) is 3.23. The third-order valence-corrected chi connectivity index (χ3v) is 7.11. The molecule has 0 N–H and O–H groups in total. The summed E-state index contributed by atoms with van der Waals surface area (Å²) < 4.78 is 23.9. The van der Waals surface area contributed by atoms with Crippen molar-refractivity contribution in [2.45, 2.75) is 13.0 Å². The molecule has 2 aromatic rings. The van der Waals surface area contributed by atoms with Gasteiger partial charge < -0.3 is 9.80 Å². The first-order valence-electron chi connectivity index (χ1n) is 10.2. The van der Waals surface area contributed by atoms with Gasteiger partial charge in [-0.1, -0.05) is 36.4 Å². The molecular weight excluding hydrogens is 398 g/mol. The number of amides is 1. The normalized spacial score (nSPS) is 21.0. The van der Waals surface area contributed by atoms with Crippen LogP contribution in [0.25, 0.3) is 0 Å². The van der Waals surface area contributed by atoms with Crippen LogP contribution in [0.5, 0.6) is 0 Å². The first kappa shape index (κ1) is 20.6. The van der Waals surface area contributed by atoms with E-state index in [9.17, 15) is 13.2 Å². The molecule has 4 rings (SSSR count). The van der Waals surface area contributed by atoms with Crippen molar-refractivity contribution in [3.05, 3.63) is 71.6 Å². The summed E-state index contributed by atoms with van der Waals surface area (Å²) in [6.07, 6.45) is 1.62. The van der Waals surface area contributed by atoms with Crippen LogP contribution < -0.4 is 9.80 Å². The number of para-hydroxylation sites is 2. The molecule has 2 heterocycles. The topological polar surface area (TPSA) is 60.9 Å². The molecule has 1 saturated heterocycles. The molecule has 7 heteroatoms. The second kappa shape index (κ2) is 8.62. The summed E-state index contributed by atoms with van der Waals surface area (Å²) in [4.78, 5) is 19.4. The highest BCUT2D eigenvalue weighted by atomic mass is 32.2. The van der Waals surface area contributed by atoms with Crippen LogP contribution in [0.1, 0.15) is 5.56 Å². The van der Waals surface area contributed by atoms with Crippen LogP contribution >= 0.6 is 0 Å². The van der Waals surface area contributed by atoms with Crippen molar-refractivity contribution < 1.29 is 13.2 Å². The van der Waals surface area contributed by atoms with Crippen LogP contribution in [0, 0.1) is 6.92 Å². The molecule has 2 aliphatic rings. The zero-order valence-corrected chi connectivity index (χ0v) is 18.0. The molecule has 6 nitrogen and oxygen atoms in total. The molecule has 0 unspecified atom stereocenters. The molecular formula is C23H27N3O3S. The van der Waals surface area contributed by atoms with Gasteiger partial charge in [-0.2, -0.15) is 0 Å². The number of hydrogen-bond acceptors (Lipinski definition) is 5. The average Bonchev–Trinajstić information content (AvgIpc) is 3.09. The monoisotopic (exact) mass is 425 g/mol. The molecule has 158 valence electrons. The number of carbonyl (C=O) groups excluding carboxylic acids is 1. The van der Waals surface area contributed by atoms with E-state index in [0.29, 0.717) is 0 Å². The van der Waals surface area contributed by atoms with Gasteiger partial charge in [0.2, 0.25) is 5.91 Å². The number of nitrogens with zero attached hydrogens (tertiary/aromatic N) is 3. The fourth-order valence-corrected chi connectivity index (χ4v) is 5.43. The summed E-state index contributed by atoms with van der Waals surface area (Å²) in [5.74, 6) is -0.133. The minimum absolute atomic E-state index is 0.0608. The second-order valence-electron chi connectivity index (χ2n) is 7.87. The Kier molecular flexibility index (Phi) is 5.92. The number of anilines is 2. The van der Waals surface area contributed by atoms with E-state index in [1.54, 1.807) is 11.0 Å². The lowest BCUT2D eigenvalue weighted by Crippen LogP contribution is -2.52. The Morgan fingerprint density at radius 2 is 1.67 bits per heavy atom. The summed E-state index contributed by atoms with van der Waals surface area (Å²) in [6.45, 7) is 5.71. The fraction of sp³-hybridized carbons (Fsp3) is 0.348. The smallest absolute Gasteiger partial charge is 0.241 e. The van der Waals surface area contributed by atoms with E-state index in [2.05, 4.69) is 34.9 Å². The van der Waals surface area contributed by atoms with Gasteiger partial charge in [0, 0.05) is 43.0 Å². The van der Waals surface area contributed by atoms with Gasteiger partial charge in [-0.3, -0.25) is 9.69 Å². The zero-order valence-electron chi connectivity index (χ0n) is 17.1. The molecule has 2 aliphatic heterocycles. The molecule has 1 amide bonds. The van der Waals surface area contributed by atoms with Crippen molar-refractivity contribution in [1.82, 2.24) is 4.90 Å². The predicted molar refractivity (Wildman–Crippen MR) is 120 cm³/mol. The van der Waals surface area contributed by atoms with Crippen molar-refractivity contribution in [2.24, 2.45) is 0 Å². The Morgan fingerprint density at radius 1 is 1.00 bits per heavy atom. The maximum atomic E-state index is 13.3. The van der Waals surface area contributed by atoms with Crippen LogP contribution in [0.3, 0.4) is 0 Å². The quantitative estimate of drug-likeness (QED) is 0.737. The number of sulfone groups is 1. The van der Waals surface area contributed by atoms with Crippen LogP contribution in [0.4, 0.5) is 11.4 Å². The van der Waals surface area contributed by atoms with Crippen molar-refractivity contribution in [3.8, 4) is 0 Å². The summed E-state index contributed by atoms with van der Waals surface area (Å²) in [6, 6.07) is 17.2. The number of carbonyl (C=O) groups is 1. The minimum Gasteiger partial charge on any atom is -0.369 e. The SMILES string of the molecule is Cc1ccccc1N1CCN(CC(=O)N(c2ccccc2)[C@@H]2C=CS(=O)(=O)C2)CC1. The number of benzene rings is 2. The van der Waals surface area contributed by atoms with Crippen molar-refractivity contribution >= 4 is 27.1 Å². The average molecular weight is 426 g/mol. The van der Waals surface area contributed by atoms with Gasteiger partial charge in [0.15, 0.2) is 9.84 Å². The van der Waals surface area contributed by atoms with E-state index < -0.39 is 15.9 Å². The third kappa shape index (κ3) is 4.57. The molecule has 0 saturated carbocycles. The number of aryl methyl sites for hydroxylation is 1. The molecule has 0 bridgehead atoms. The maximum Gasteiger partial charge on any atom is 0.241 e. The Hall–Kier alpha value is -2.64. The summed E-state index contributed by atoms with van der Waals surface area (Å²) in [5, 5.41) is 1.22. The Labute approximate surface area is 178 Å². The van der Waals surface area contributed by atoms with E-state index in [1.165, 1.54) is 16.7 Å². The molecule has 2 aromatic carbocycles. The van der Waals surface area contributed by atoms with Crippen LogP contribution in [-0.2, 0) is 14.6 Å². The Morgan fingerprint density at radius 3 is 2.30 bits per heavy atom. The molecule has 0 aromatic heterocycles. The lowest BCUT2D eigenvalue weighted by Gasteiger charge is -2.37. The Balaban J connectivity index is 1.44. The predicted octanol–water partition coefficient (Wildman–Crippen LogP) is 2.46. The van der Waals surface area contributed by atoms with E-state index >= 15 is 0 Å². The van der Waals surface area contributed by atoms with Gasteiger partial charge >= 0.3 is 0 Å². The Bertz CT molecular complexity index is 1030. The lowest BCUT2D eigenvalue weighted by molar-refractivity contribution is -0.120. The van der Waals surface area contributed by atoms with Crippen molar-refractivity contribution in [1.29, 1.82) is 0 Å². The third-order valence-electron chi connectivity index (χ3n) is 5.73. The van der Waals surface area contributed by atoms with Gasteiger partial charge in [-0.05, 0) is 36.8 Å². The highest BCUT2D eigenvalue weighted by Crippen LogP contribution is 2.24. The first-order valence-corrected chi connectivity index (χ1v) is 12.0. The lowest BCUT2D eigenvalue weighted by atomic mass is 10.1. The van der Waals surface area contributed by atoms with Crippen LogP contribution in [0.15, 0.2) is 66.1 Å². The number of hydrogen-bond donors (Lipinski definition) is 0. The van der Waals surface area contributed by atoms with Gasteiger partial charge in [0.1, 0.15) is 0 Å². The molecule has 0 aliphatic carbocycles. The summed E-state index contributed by atoms with van der Waals surface area (Å²) in [7, 11) is -3.25. The standard InChI is InChI=1S/C23H27N3O3S/c1-19-7-5-6-10-22(19)25-14-12-24(13-15-25)17-23(27)26(20-8-3-2-4-9-20)21-11-16-30(28,29)18-21/h2-11,16,21H,12-15,17-18H2,1H3/t21-/m1/s1. The minimum atomic E-state index is -3.25. The van der Waals surface area contributed by atoms with Crippen molar-refractivity contribution in [3.63, 3.8) is 0 Å². The molecule has 0 radical (unpaired) electrons. The maximum absolute atomic E-state index is 13.3. The molecule has 0 spiro atoms. The first-order chi connectivity index (χ1) is 14.4. The van der Waals surface area contributed by atoms with Crippen molar-refractivity contribution in [2.75, 3.05) is 48.3 Å². The molecule has 30 heavy (non-hydrogen) atoms. The zero-order chi connectivity index (χ0) is 21.1. The van der Waals surface area contributed by atoms with E-state index in [0.717, 1.165) is 31.9 Å². The van der Waals surface area contributed by atoms with Gasteiger partial charge in [0.25, 0.3) is 0 Å². The van der Waals surface area contributed by atoms with Crippen LogP contribution in [0.2, 0.25) is 0 Å². The fourth-order valence-electron chi connectivity index (χ4n) is 4.16. The largest absolute Gasteiger partial charge is 0.369 e. The molecule has 1 atom stereocenters. The van der Waals surface area contributed by atoms with E-state index in [-0.39, 0.29) is 18.2 Å². The highest BCUT2D eigenvalue weighted by molar-refractivity contribution is 7.94. The second-order valence-corrected chi connectivity index (χ2v) is 9.81. The van der Waals surface area contributed by atoms with Gasteiger partial charge in [-0.15, -0.1) is 0 Å². The highest BCUT2D eigenvalue weighted by Gasteiger charge is 2.32. The summed E-state index contributed by atoms with van der Waals surface area (Å²) >= 11 is 0. The van der Waals surface area contributed by atoms with Gasteiger partial charge in [0.05, 0.1) is 18.3 Å². The van der Waals surface area contributed by atoms with Gasteiger partial charge in [-0.25, -0.2) is 8.42 Å². The van der Waals surface area contributed by atoms with Crippen LogP contribution in [-0.4, -0.2) is 63.7 Å². The van der Waals surface area contributed by atoms with E-state index in [1.807, 2.05) is 36.4 Å². The number of rotatable bonds is 5. The molecule has 1 fully saturated rings.